The third-order valence-corrected chi connectivity index (χ3v) is 28.4. The van der Waals surface area contributed by atoms with Crippen LogP contribution in [0.1, 0.15) is 48.8 Å². The Morgan fingerprint density at radius 2 is 1.07 bits per heavy atom. The number of alkyl halides is 3. The van der Waals surface area contributed by atoms with Gasteiger partial charge in [0.25, 0.3) is 11.8 Å². The Kier molecular flexibility index (Phi) is 35.9. The van der Waals surface area contributed by atoms with Crippen molar-refractivity contribution in [3.63, 3.8) is 0 Å². The van der Waals surface area contributed by atoms with E-state index in [9.17, 15) is 44.7 Å². The van der Waals surface area contributed by atoms with Gasteiger partial charge in [0.05, 0.1) is 98.7 Å². The number of aromatic nitrogens is 7. The number of hydrogen-bond donors (Lipinski definition) is 8. The molecule has 3 fully saturated rings. The smallest absolute Gasteiger partial charge is 0.507 e. The molecule has 43 heteroatoms. The Balaban J connectivity index is 0.000000165. The third-order valence-electron chi connectivity index (χ3n) is 21.4. The number of carbonyl (C=O) groups excluding carboxylic acids is 2. The molecule has 135 heavy (non-hydrogen) atoms. The number of carbonyl (C=O) groups is 2. The molecule has 0 aliphatic carbocycles. The highest BCUT2D eigenvalue weighted by Crippen LogP contribution is 2.40. The van der Waals surface area contributed by atoms with Gasteiger partial charge in [0.2, 0.25) is 11.9 Å². The summed E-state index contributed by atoms with van der Waals surface area (Å²) in [6.07, 6.45) is 0.404. The zero-order valence-electron chi connectivity index (χ0n) is 75.4. The first-order valence-electron chi connectivity index (χ1n) is 42.5. The van der Waals surface area contributed by atoms with Gasteiger partial charge >= 0.3 is 6.36 Å². The van der Waals surface area contributed by atoms with Crippen molar-refractivity contribution in [1.29, 1.82) is 0 Å². The second kappa shape index (κ2) is 47.5. The molecular formula is C92H103Br2Cl2F3N20O13S3. The number of hydrazine groups is 1. The van der Waals surface area contributed by atoms with E-state index in [0.29, 0.717) is 89.6 Å². The molecule has 0 spiro atoms. The van der Waals surface area contributed by atoms with E-state index in [-0.39, 0.29) is 62.8 Å². The number of nitrogens with one attached hydrogen (secondary N) is 7. The van der Waals surface area contributed by atoms with Crippen LogP contribution in [0.25, 0.3) is 10.9 Å². The van der Waals surface area contributed by atoms with Crippen LogP contribution in [-0.2, 0) is 37.4 Å². The lowest BCUT2D eigenvalue weighted by Crippen LogP contribution is -2.58. The lowest BCUT2D eigenvalue weighted by Gasteiger charge is -2.44. The fourth-order valence-electron chi connectivity index (χ4n) is 13.9. The highest BCUT2D eigenvalue weighted by atomic mass is 79.9. The van der Waals surface area contributed by atoms with Gasteiger partial charge in [-0.15, -0.1) is 24.5 Å². The van der Waals surface area contributed by atoms with Crippen LogP contribution < -0.4 is 75.4 Å². The second-order valence-corrected chi connectivity index (χ2v) is 39.7. The van der Waals surface area contributed by atoms with E-state index in [4.69, 9.17) is 46.9 Å². The van der Waals surface area contributed by atoms with E-state index in [2.05, 4.69) is 165 Å². The maximum Gasteiger partial charge on any atom is 0.573 e. The number of rotatable bonds is 31. The van der Waals surface area contributed by atoms with Crippen molar-refractivity contribution in [2.24, 2.45) is 0 Å². The lowest BCUT2D eigenvalue weighted by atomic mass is 10.1. The molecule has 716 valence electrons. The van der Waals surface area contributed by atoms with Gasteiger partial charge in [0.1, 0.15) is 62.4 Å². The first-order chi connectivity index (χ1) is 64.6. The van der Waals surface area contributed by atoms with Gasteiger partial charge in [-0.25, -0.2) is 51.8 Å². The Labute approximate surface area is 811 Å². The molecule has 4 aromatic heterocycles. The minimum absolute atomic E-state index is 0.0982. The van der Waals surface area contributed by atoms with E-state index in [1.807, 2.05) is 48.5 Å². The van der Waals surface area contributed by atoms with Crippen LogP contribution in [0.3, 0.4) is 0 Å². The van der Waals surface area contributed by atoms with E-state index in [0.717, 1.165) is 130 Å². The molecule has 3 saturated heterocycles. The van der Waals surface area contributed by atoms with Crippen molar-refractivity contribution in [2.75, 3.05) is 171 Å². The van der Waals surface area contributed by atoms with Crippen LogP contribution in [0, 0.1) is 0 Å². The van der Waals surface area contributed by atoms with E-state index >= 15 is 0 Å². The Bertz CT molecular complexity index is 6310. The predicted octanol–water partition coefficient (Wildman–Crippen LogP) is 17.0. The van der Waals surface area contributed by atoms with Crippen LogP contribution in [0.5, 0.6) is 40.2 Å². The summed E-state index contributed by atoms with van der Waals surface area (Å²) in [6, 6.07) is 46.4. The minimum atomic E-state index is -4.78. The number of piperazine rings is 3. The van der Waals surface area contributed by atoms with Gasteiger partial charge in [0, 0.05) is 142 Å². The number of para-hydroxylation sites is 2. The van der Waals surface area contributed by atoms with Crippen molar-refractivity contribution in [2.45, 2.75) is 67.3 Å². The monoisotopic (exact) mass is 2080 g/mol. The molecule has 3 aliphatic heterocycles. The molecule has 0 radical (unpaired) electrons. The summed E-state index contributed by atoms with van der Waals surface area (Å²) in [6.45, 7) is 19.0. The number of fused-ring (bicyclic) bond motifs is 1. The molecule has 8 aromatic carbocycles. The average molecular weight is 2080 g/mol. The number of benzene rings is 8. The number of amides is 2. The van der Waals surface area contributed by atoms with Crippen LogP contribution in [0.15, 0.2) is 207 Å². The third kappa shape index (κ3) is 28.4. The van der Waals surface area contributed by atoms with E-state index in [1.165, 1.54) is 36.0 Å². The largest absolute Gasteiger partial charge is 0.573 e. The summed E-state index contributed by atoms with van der Waals surface area (Å²) in [4.78, 5) is 64.6. The normalized spacial score (nSPS) is 13.9. The van der Waals surface area contributed by atoms with Gasteiger partial charge in [-0.1, -0.05) is 59.6 Å². The Hall–Kier alpha value is -11.9. The first kappa shape index (κ1) is 102. The molecule has 15 rings (SSSR count). The van der Waals surface area contributed by atoms with Crippen LogP contribution in [0.2, 0.25) is 10.0 Å². The molecule has 12 aromatic rings. The summed E-state index contributed by atoms with van der Waals surface area (Å²) in [5.41, 5.74) is 7.24. The number of halogens is 7. The summed E-state index contributed by atoms with van der Waals surface area (Å²) < 4.78 is 120. The fraction of sp³-hybridized carbons (Fsp3) is 0.315. The quantitative estimate of drug-likeness (QED) is 0.0187. The molecular weight excluding hydrogens is 1980 g/mol. The molecule has 0 atom stereocenters. The zero-order chi connectivity index (χ0) is 96.7. The van der Waals surface area contributed by atoms with Gasteiger partial charge in [-0.2, -0.15) is 9.97 Å². The molecule has 8 N–H and O–H groups in total. The standard InChI is InChI=1S/C29H39ClN8O3S.C25H31BrN6O3S.C22H19ClF3N3O4S.C16H14BrN3O3/c1-21(2)42(39,40)27-8-6-5-7-25(27)32-28-23(30)20-31-29(34-28)33-24-10-9-22(19-26(24)41-4)36-13-17-38(18-14-36)37-15-11-35(3)12-16-37;1-17(2)36(33,34)23-8-6-5-7-21(23)28-24-19(26)16-27-25(30-24)29-20-10-9-18(15-22(20)35-4)32-13-11-31(3)12-14-32;23-15-3-1-2-14(10-15)8-9-27-21(31)18-13-34-20(29-18)11-28-19(30)12-32-16-4-6-17(7-5-16)33-22(24,25)26;1-22-14-6-10-12(7-15(14)23-2)18-8-19-16(10)20-9-3-4-13(21)11(17)5-9/h5-10,19-21H,11-18H2,1-4H3,(H2,31,32,33,34);5-10,15-17H,11-14H2,1-4H3,(H2,27,28,29,30);1-7,10,13H,8-9,11-12H2,(H,27,31)(H,28,30);3-8,21H,1-2H3,(H,18,19,20). The topological polar surface area (TPSA) is 372 Å². The number of anilines is 12. The number of phenols is 1. The van der Waals surface area contributed by atoms with E-state index < -0.39 is 48.2 Å². The van der Waals surface area contributed by atoms with Gasteiger partial charge in [-0.05, 0) is 195 Å². The van der Waals surface area contributed by atoms with Gasteiger partial charge < -0.3 is 90.3 Å². The predicted molar refractivity (Wildman–Crippen MR) is 528 cm³/mol. The summed E-state index contributed by atoms with van der Waals surface area (Å²) in [5.74, 6) is 3.75. The average Bonchev–Trinajstić information content (AvgIpc) is 1.22. The summed E-state index contributed by atoms with van der Waals surface area (Å²) in [7, 11) is 3.74. The van der Waals surface area contributed by atoms with Crippen LogP contribution >= 0.6 is 66.4 Å². The highest BCUT2D eigenvalue weighted by molar-refractivity contribution is 9.11. The number of nitrogens with zero attached hydrogens (tertiary/aromatic N) is 13. The van der Waals surface area contributed by atoms with Gasteiger partial charge in [-0.3, -0.25) is 9.59 Å². The van der Waals surface area contributed by atoms with Crippen LogP contribution in [-0.4, -0.2) is 240 Å². The second-order valence-electron chi connectivity index (χ2n) is 31.3. The molecule has 33 nitrogen and oxygen atoms in total. The van der Waals surface area contributed by atoms with Crippen molar-refractivity contribution >= 4 is 178 Å². The maximum absolute atomic E-state index is 12.9. The first-order valence-corrected chi connectivity index (χ1v) is 48.8. The number of sulfone groups is 2. The van der Waals surface area contributed by atoms with Gasteiger partial charge in [0.15, 0.2) is 43.6 Å². The summed E-state index contributed by atoms with van der Waals surface area (Å²) >= 11 is 20.3. The number of phenolic OH excluding ortho intramolecular Hbond substituents is 1. The number of likely N-dealkylation sites (N-methyl/N-ethyl adjacent to an activating group) is 2. The SMILES string of the molecule is COc1cc(N2CCN(C)CC2)ccc1Nc1ncc(Br)c(Nc2ccccc2S(=O)(=O)C(C)C)n1.COc1cc(N2CCN(N3CCN(C)CC3)CC2)ccc1Nc1ncc(Cl)c(Nc2ccccc2S(=O)(=O)C(C)C)n1.COc1cc2ncnc(Nc3ccc(O)c(Br)c3)c2cc1OC.O=C(COc1ccc(OC(F)(F)F)cc1)NCc1nc(C(=O)NCCc2cccc(Cl)c2)cs1. The van der Waals surface area contributed by atoms with E-state index in [1.54, 1.807) is 147 Å². The van der Waals surface area contributed by atoms with Crippen molar-refractivity contribution in [3.05, 3.63) is 223 Å². The van der Waals surface area contributed by atoms with Crippen molar-refractivity contribution in [3.8, 4) is 40.2 Å². The van der Waals surface area contributed by atoms with Crippen molar-refractivity contribution in [1.82, 2.24) is 65.3 Å². The molecule has 0 saturated carbocycles. The molecule has 7 heterocycles. The number of methoxy groups -OCH3 is 4. The fourth-order valence-corrected chi connectivity index (χ4v) is 18.1. The lowest BCUT2D eigenvalue weighted by molar-refractivity contribution is -0.274. The molecule has 0 unspecified atom stereocenters. The number of thiazole rings is 1. The maximum atomic E-state index is 12.9. The number of aromatic hydroxyl groups is 1. The Morgan fingerprint density at radius 1 is 0.533 bits per heavy atom. The number of ether oxygens (including phenoxy) is 6. The highest BCUT2D eigenvalue weighted by Gasteiger charge is 2.32. The summed E-state index contributed by atoms with van der Waals surface area (Å²) in [5, 5.41) is 38.5. The van der Waals surface area contributed by atoms with Crippen molar-refractivity contribution < 1.29 is 73.1 Å². The Morgan fingerprint density at radius 3 is 1.63 bits per heavy atom. The zero-order valence-corrected chi connectivity index (χ0v) is 82.5. The van der Waals surface area contributed by atoms with Crippen LogP contribution in [0.4, 0.5) is 82.3 Å². The number of hydrogen-bond acceptors (Lipinski definition) is 32. The minimum Gasteiger partial charge on any atom is -0.507 e. The molecule has 3 aliphatic rings. The molecule has 0 bridgehead atoms. The molecule has 2 amide bonds.